The summed E-state index contributed by atoms with van der Waals surface area (Å²) in [6.07, 6.45) is 0. The molecule has 2 aromatic carbocycles. The Kier molecular flexibility index (Phi) is 5.46. The van der Waals surface area contributed by atoms with Crippen LogP contribution in [-0.2, 0) is 9.59 Å². The Morgan fingerprint density at radius 2 is 1.68 bits per heavy atom. The van der Waals surface area contributed by atoms with Crippen molar-refractivity contribution in [3.05, 3.63) is 59.5 Å². The van der Waals surface area contributed by atoms with Gasteiger partial charge in [-0.15, -0.1) is 16.4 Å². The molecule has 2 heterocycles. The lowest BCUT2D eigenvalue weighted by Crippen LogP contribution is -2.13. The van der Waals surface area contributed by atoms with E-state index in [-0.39, 0.29) is 17.8 Å². The molecule has 4 aromatic rings. The number of nitrogens with zero attached hydrogens (tertiary/aromatic N) is 3. The van der Waals surface area contributed by atoms with Crippen LogP contribution < -0.4 is 15.4 Å². The second-order valence-corrected chi connectivity index (χ2v) is 7.42. The quantitative estimate of drug-likeness (QED) is 0.366. The van der Waals surface area contributed by atoms with Gasteiger partial charge in [-0.2, -0.15) is 4.98 Å². The van der Waals surface area contributed by atoms with E-state index in [4.69, 9.17) is 4.74 Å². The molecule has 4 rings (SSSR count). The maximum atomic E-state index is 12.5. The van der Waals surface area contributed by atoms with E-state index < -0.39 is 5.97 Å². The molecule has 2 N–H and O–H groups in total. The number of thiazole rings is 1. The zero-order chi connectivity index (χ0) is 22.0. The number of hydrogen-bond acceptors (Lipinski definition) is 7. The first kappa shape index (κ1) is 20.2. The van der Waals surface area contributed by atoms with Crippen molar-refractivity contribution in [2.75, 3.05) is 10.6 Å². The van der Waals surface area contributed by atoms with Crippen LogP contribution in [0.5, 0.6) is 5.75 Å². The van der Waals surface area contributed by atoms with Crippen molar-refractivity contribution in [1.29, 1.82) is 0 Å². The van der Waals surface area contributed by atoms with Crippen LogP contribution in [-0.4, -0.2) is 32.4 Å². The first-order valence-electron chi connectivity index (χ1n) is 9.21. The highest BCUT2D eigenvalue weighted by molar-refractivity contribution is 7.15. The van der Waals surface area contributed by atoms with Crippen molar-refractivity contribution in [3.8, 4) is 17.0 Å². The third kappa shape index (κ3) is 4.59. The molecule has 0 saturated heterocycles. The van der Waals surface area contributed by atoms with E-state index in [0.29, 0.717) is 22.0 Å². The van der Waals surface area contributed by atoms with Gasteiger partial charge in [0.15, 0.2) is 0 Å². The van der Waals surface area contributed by atoms with Gasteiger partial charge in [-0.1, -0.05) is 12.1 Å². The summed E-state index contributed by atoms with van der Waals surface area (Å²) in [6.45, 7) is 2.76. The summed E-state index contributed by atoms with van der Waals surface area (Å²) in [7, 11) is 0. The second-order valence-electron chi connectivity index (χ2n) is 6.58. The van der Waals surface area contributed by atoms with Gasteiger partial charge in [-0.05, 0) is 36.4 Å². The van der Waals surface area contributed by atoms with Crippen molar-refractivity contribution in [2.24, 2.45) is 0 Å². The number of esters is 1. The van der Waals surface area contributed by atoms with Gasteiger partial charge in [0, 0.05) is 36.0 Å². The molecule has 0 radical (unpaired) electrons. The van der Waals surface area contributed by atoms with E-state index in [1.807, 2.05) is 17.5 Å². The molecular formula is C21H17N5O4S. The summed E-state index contributed by atoms with van der Waals surface area (Å²) in [4.78, 5) is 39.6. The van der Waals surface area contributed by atoms with Crippen LogP contribution in [0, 0.1) is 0 Å². The molecule has 0 atom stereocenters. The molecule has 0 bridgehead atoms. The molecular weight excluding hydrogens is 418 g/mol. The molecule has 0 saturated carbocycles. The molecule has 0 unspecified atom stereocenters. The Hall–Kier alpha value is -4.05. The summed E-state index contributed by atoms with van der Waals surface area (Å²) in [5.74, 6) is -0.409. The largest absolute Gasteiger partial charge is 0.427 e. The fraction of sp³-hybridized carbons (Fsp3) is 0.0952. The van der Waals surface area contributed by atoms with Crippen LogP contribution in [0.4, 0.5) is 11.6 Å². The minimum atomic E-state index is -0.431. The maximum absolute atomic E-state index is 12.5. The summed E-state index contributed by atoms with van der Waals surface area (Å²) >= 11 is 1.39. The number of rotatable bonds is 5. The van der Waals surface area contributed by atoms with Crippen LogP contribution in [0.1, 0.15) is 24.2 Å². The van der Waals surface area contributed by atoms with E-state index in [2.05, 4.69) is 20.7 Å². The SMILES string of the molecule is CC(=O)Nc1ccc(-c2csc3nc(NC(=O)c4ccc(OC(C)=O)cc4)nn23)cc1. The fourth-order valence-corrected chi connectivity index (χ4v) is 3.71. The van der Waals surface area contributed by atoms with Gasteiger partial charge in [0.1, 0.15) is 5.75 Å². The molecule has 0 aliphatic heterocycles. The molecule has 156 valence electrons. The summed E-state index contributed by atoms with van der Waals surface area (Å²) in [5.41, 5.74) is 2.79. The average molecular weight is 435 g/mol. The predicted octanol–water partition coefficient (Wildman–Crippen LogP) is 3.59. The minimum Gasteiger partial charge on any atom is -0.427 e. The van der Waals surface area contributed by atoms with Gasteiger partial charge in [0.25, 0.3) is 11.9 Å². The van der Waals surface area contributed by atoms with Gasteiger partial charge in [0.05, 0.1) is 5.69 Å². The van der Waals surface area contributed by atoms with Crippen molar-refractivity contribution >= 4 is 45.7 Å². The number of carbonyl (C=O) groups excluding carboxylic acids is 3. The molecule has 9 nitrogen and oxygen atoms in total. The summed E-state index contributed by atoms with van der Waals surface area (Å²) in [5, 5.41) is 11.7. The van der Waals surface area contributed by atoms with Gasteiger partial charge < -0.3 is 10.1 Å². The number of fused-ring (bicyclic) bond motifs is 1. The summed E-state index contributed by atoms with van der Waals surface area (Å²) in [6, 6.07) is 13.5. The van der Waals surface area contributed by atoms with Gasteiger partial charge in [-0.25, -0.2) is 4.52 Å². The number of nitrogens with one attached hydrogen (secondary N) is 2. The highest BCUT2D eigenvalue weighted by Gasteiger charge is 2.15. The zero-order valence-corrected chi connectivity index (χ0v) is 17.4. The van der Waals surface area contributed by atoms with Crippen LogP contribution in [0.2, 0.25) is 0 Å². The van der Waals surface area contributed by atoms with Gasteiger partial charge in [-0.3, -0.25) is 19.7 Å². The number of anilines is 2. The molecule has 31 heavy (non-hydrogen) atoms. The van der Waals surface area contributed by atoms with Crippen LogP contribution in [0.3, 0.4) is 0 Å². The molecule has 2 amide bonds. The Labute approximate surface area is 180 Å². The molecule has 0 spiro atoms. The first-order valence-corrected chi connectivity index (χ1v) is 10.1. The monoisotopic (exact) mass is 435 g/mol. The van der Waals surface area contributed by atoms with Crippen molar-refractivity contribution in [3.63, 3.8) is 0 Å². The lowest BCUT2D eigenvalue weighted by atomic mass is 10.1. The first-order chi connectivity index (χ1) is 14.9. The number of amides is 2. The molecule has 2 aromatic heterocycles. The van der Waals surface area contributed by atoms with E-state index in [1.165, 1.54) is 37.3 Å². The Bertz CT molecular complexity index is 1280. The number of carbonyl (C=O) groups is 3. The molecule has 0 aliphatic rings. The molecule has 10 heteroatoms. The molecule has 0 fully saturated rings. The standard InChI is InChI=1S/C21H17N5O4S/c1-12(27)22-16-7-3-14(4-8-16)18-11-31-21-24-20(25-26(18)21)23-19(29)15-5-9-17(10-6-15)30-13(2)28/h3-11H,1-2H3,(H,22,27)(H,23,25,29). The highest BCUT2D eigenvalue weighted by Crippen LogP contribution is 2.27. The summed E-state index contributed by atoms with van der Waals surface area (Å²) < 4.78 is 6.61. The van der Waals surface area contributed by atoms with Crippen molar-refractivity contribution in [2.45, 2.75) is 13.8 Å². The lowest BCUT2D eigenvalue weighted by Gasteiger charge is -2.04. The normalized spacial score (nSPS) is 10.6. The Morgan fingerprint density at radius 3 is 2.32 bits per heavy atom. The highest BCUT2D eigenvalue weighted by atomic mass is 32.1. The number of hydrogen-bond donors (Lipinski definition) is 2. The Balaban J connectivity index is 1.51. The van der Waals surface area contributed by atoms with E-state index in [1.54, 1.807) is 28.8 Å². The van der Waals surface area contributed by atoms with Gasteiger partial charge in [0.2, 0.25) is 10.9 Å². The van der Waals surface area contributed by atoms with Crippen LogP contribution in [0.15, 0.2) is 53.9 Å². The van der Waals surface area contributed by atoms with E-state index in [9.17, 15) is 14.4 Å². The van der Waals surface area contributed by atoms with Crippen molar-refractivity contribution in [1.82, 2.24) is 14.6 Å². The van der Waals surface area contributed by atoms with Crippen LogP contribution >= 0.6 is 11.3 Å². The third-order valence-corrected chi connectivity index (χ3v) is 5.00. The van der Waals surface area contributed by atoms with Crippen molar-refractivity contribution < 1.29 is 19.1 Å². The van der Waals surface area contributed by atoms with E-state index >= 15 is 0 Å². The smallest absolute Gasteiger partial charge is 0.308 e. The Morgan fingerprint density at radius 1 is 0.968 bits per heavy atom. The van der Waals surface area contributed by atoms with Gasteiger partial charge >= 0.3 is 5.97 Å². The second kappa shape index (κ2) is 8.36. The number of ether oxygens (including phenoxy) is 1. The average Bonchev–Trinajstić information content (AvgIpc) is 3.28. The fourth-order valence-electron chi connectivity index (χ4n) is 2.87. The number of benzene rings is 2. The van der Waals surface area contributed by atoms with Crippen LogP contribution in [0.25, 0.3) is 16.2 Å². The number of aromatic nitrogens is 3. The predicted molar refractivity (Wildman–Crippen MR) is 116 cm³/mol. The molecule has 0 aliphatic carbocycles. The van der Waals surface area contributed by atoms with E-state index in [0.717, 1.165) is 11.3 Å². The lowest BCUT2D eigenvalue weighted by molar-refractivity contribution is -0.131. The topological polar surface area (TPSA) is 115 Å². The minimum absolute atomic E-state index is 0.136. The maximum Gasteiger partial charge on any atom is 0.308 e. The zero-order valence-electron chi connectivity index (χ0n) is 16.6. The third-order valence-electron chi connectivity index (χ3n) is 4.19.